The van der Waals surface area contributed by atoms with Crippen molar-refractivity contribution in [1.82, 2.24) is 9.97 Å². The van der Waals surface area contributed by atoms with Crippen LogP contribution in [0.3, 0.4) is 0 Å². The summed E-state index contributed by atoms with van der Waals surface area (Å²) in [5, 5.41) is 0. The lowest BCUT2D eigenvalue weighted by atomic mass is 10.1. The minimum atomic E-state index is -1.48. The van der Waals surface area contributed by atoms with Crippen LogP contribution < -0.4 is 0 Å². The van der Waals surface area contributed by atoms with E-state index in [1.54, 1.807) is 12.4 Å². The van der Waals surface area contributed by atoms with Crippen LogP contribution in [0.25, 0.3) is 11.4 Å². The second-order valence-corrected chi connectivity index (χ2v) is 3.92. The molecule has 5 heteroatoms. The van der Waals surface area contributed by atoms with Crippen molar-refractivity contribution in [2.24, 2.45) is 0 Å². The molecule has 94 valence electrons. The molecule has 1 aromatic heterocycles. The zero-order chi connectivity index (χ0) is 13.1. The molecule has 2 aromatic rings. The van der Waals surface area contributed by atoms with Crippen LogP contribution in [0, 0.1) is 17.5 Å². The number of hydrogen-bond donors (Lipinski definition) is 0. The molecule has 0 unspecified atom stereocenters. The fourth-order valence-corrected chi connectivity index (χ4v) is 1.61. The molecule has 2 nitrogen and oxygen atoms in total. The first kappa shape index (κ1) is 12.5. The van der Waals surface area contributed by atoms with Crippen molar-refractivity contribution in [3.05, 3.63) is 47.5 Å². The Kier molecular flexibility index (Phi) is 3.60. The topological polar surface area (TPSA) is 25.8 Å². The van der Waals surface area contributed by atoms with E-state index in [9.17, 15) is 13.2 Å². The first-order valence-electron chi connectivity index (χ1n) is 5.57. The van der Waals surface area contributed by atoms with Gasteiger partial charge in [0.25, 0.3) is 0 Å². The molecule has 0 atom stereocenters. The third kappa shape index (κ3) is 2.50. The van der Waals surface area contributed by atoms with E-state index in [1.165, 1.54) is 0 Å². The molecular formula is C13H11F3N2. The molecule has 0 fully saturated rings. The van der Waals surface area contributed by atoms with Gasteiger partial charge in [-0.2, -0.15) is 0 Å². The molecule has 0 bridgehead atoms. The van der Waals surface area contributed by atoms with Gasteiger partial charge in [0.05, 0.1) is 0 Å². The third-order valence-electron chi connectivity index (χ3n) is 2.49. The maximum absolute atomic E-state index is 13.1. The molecule has 0 spiro atoms. The van der Waals surface area contributed by atoms with Crippen molar-refractivity contribution in [1.29, 1.82) is 0 Å². The molecule has 0 N–H and O–H groups in total. The van der Waals surface area contributed by atoms with Crippen LogP contribution in [-0.4, -0.2) is 9.97 Å². The molecule has 0 aliphatic carbocycles. The largest absolute Gasteiger partial charge is 0.236 e. The Morgan fingerprint density at radius 3 is 2.06 bits per heavy atom. The van der Waals surface area contributed by atoms with E-state index >= 15 is 0 Å². The molecule has 0 aliphatic heterocycles. The zero-order valence-corrected chi connectivity index (χ0v) is 9.75. The van der Waals surface area contributed by atoms with E-state index in [1.807, 2.05) is 6.92 Å². The van der Waals surface area contributed by atoms with Crippen LogP contribution in [-0.2, 0) is 6.42 Å². The van der Waals surface area contributed by atoms with Gasteiger partial charge in [0, 0.05) is 18.0 Å². The quantitative estimate of drug-likeness (QED) is 0.781. The summed E-state index contributed by atoms with van der Waals surface area (Å²) in [5.74, 6) is -3.80. The Hall–Kier alpha value is -1.91. The van der Waals surface area contributed by atoms with E-state index in [-0.39, 0.29) is 11.4 Å². The predicted octanol–water partition coefficient (Wildman–Crippen LogP) is 3.51. The van der Waals surface area contributed by atoms with Crippen LogP contribution in [0.15, 0.2) is 24.5 Å². The minimum absolute atomic E-state index is 0.120. The molecule has 0 saturated carbocycles. The lowest BCUT2D eigenvalue weighted by Gasteiger charge is -2.03. The maximum atomic E-state index is 13.1. The first-order chi connectivity index (χ1) is 8.61. The summed E-state index contributed by atoms with van der Waals surface area (Å²) in [6.45, 7) is 2.03. The third-order valence-corrected chi connectivity index (χ3v) is 2.49. The van der Waals surface area contributed by atoms with Gasteiger partial charge in [-0.15, -0.1) is 0 Å². The highest BCUT2D eigenvalue weighted by molar-refractivity contribution is 5.54. The number of aryl methyl sites for hydroxylation is 1. The van der Waals surface area contributed by atoms with E-state index in [2.05, 4.69) is 9.97 Å². The summed E-state index contributed by atoms with van der Waals surface area (Å²) in [4.78, 5) is 8.03. The zero-order valence-electron chi connectivity index (χ0n) is 9.75. The Bertz CT molecular complexity index is 530. The Morgan fingerprint density at radius 2 is 1.56 bits per heavy atom. The molecule has 1 aromatic carbocycles. The van der Waals surface area contributed by atoms with Crippen LogP contribution in [0.2, 0.25) is 0 Å². The van der Waals surface area contributed by atoms with Gasteiger partial charge in [0.1, 0.15) is 0 Å². The van der Waals surface area contributed by atoms with Crippen LogP contribution in [0.5, 0.6) is 0 Å². The van der Waals surface area contributed by atoms with Gasteiger partial charge in [0.15, 0.2) is 23.3 Å². The highest BCUT2D eigenvalue weighted by Crippen LogP contribution is 2.20. The van der Waals surface area contributed by atoms with Crippen LogP contribution >= 0.6 is 0 Å². The van der Waals surface area contributed by atoms with Gasteiger partial charge in [-0.3, -0.25) is 0 Å². The summed E-state index contributed by atoms with van der Waals surface area (Å²) in [6.07, 6.45) is 5.00. The molecule has 0 radical (unpaired) electrons. The van der Waals surface area contributed by atoms with E-state index in [0.717, 1.165) is 30.5 Å². The van der Waals surface area contributed by atoms with Gasteiger partial charge >= 0.3 is 0 Å². The summed E-state index contributed by atoms with van der Waals surface area (Å²) in [7, 11) is 0. The normalized spacial score (nSPS) is 10.7. The number of hydrogen-bond acceptors (Lipinski definition) is 2. The average Bonchev–Trinajstić information content (AvgIpc) is 2.37. The molecule has 18 heavy (non-hydrogen) atoms. The monoisotopic (exact) mass is 252 g/mol. The maximum Gasteiger partial charge on any atom is 0.194 e. The van der Waals surface area contributed by atoms with Gasteiger partial charge < -0.3 is 0 Å². The van der Waals surface area contributed by atoms with Gasteiger partial charge in [-0.1, -0.05) is 13.3 Å². The summed E-state index contributed by atoms with van der Waals surface area (Å²) >= 11 is 0. The summed E-state index contributed by atoms with van der Waals surface area (Å²) < 4.78 is 38.9. The standard InChI is InChI=1S/C13H11F3N2/c1-2-3-8-6-17-13(18-7-8)9-4-10(14)12(16)11(15)5-9/h4-7H,2-3H2,1H3. The average molecular weight is 252 g/mol. The van der Waals surface area contributed by atoms with E-state index in [0.29, 0.717) is 0 Å². The van der Waals surface area contributed by atoms with E-state index < -0.39 is 17.5 Å². The van der Waals surface area contributed by atoms with Crippen molar-refractivity contribution < 1.29 is 13.2 Å². The number of halogens is 3. The molecule has 0 aliphatic rings. The molecule has 2 rings (SSSR count). The highest BCUT2D eigenvalue weighted by atomic mass is 19.2. The smallest absolute Gasteiger partial charge is 0.194 e. The molecule has 1 heterocycles. The SMILES string of the molecule is CCCc1cnc(-c2cc(F)c(F)c(F)c2)nc1. The number of nitrogens with zero attached hydrogens (tertiary/aromatic N) is 2. The number of benzene rings is 1. The Labute approximate surface area is 103 Å². The fourth-order valence-electron chi connectivity index (χ4n) is 1.61. The predicted molar refractivity (Wildman–Crippen MR) is 61.3 cm³/mol. The fraction of sp³-hybridized carbons (Fsp3) is 0.231. The first-order valence-corrected chi connectivity index (χ1v) is 5.57. The lowest BCUT2D eigenvalue weighted by molar-refractivity contribution is 0.447. The molecule has 0 saturated heterocycles. The Balaban J connectivity index is 2.36. The van der Waals surface area contributed by atoms with Crippen molar-refractivity contribution in [3.63, 3.8) is 0 Å². The van der Waals surface area contributed by atoms with Crippen molar-refractivity contribution in [2.75, 3.05) is 0 Å². The minimum Gasteiger partial charge on any atom is -0.236 e. The van der Waals surface area contributed by atoms with Crippen LogP contribution in [0.4, 0.5) is 13.2 Å². The summed E-state index contributed by atoms with van der Waals surface area (Å²) in [5.41, 5.74) is 1.07. The van der Waals surface area contributed by atoms with Gasteiger partial charge in [-0.25, -0.2) is 23.1 Å². The van der Waals surface area contributed by atoms with Crippen molar-refractivity contribution >= 4 is 0 Å². The van der Waals surface area contributed by atoms with Crippen LogP contribution in [0.1, 0.15) is 18.9 Å². The van der Waals surface area contributed by atoms with E-state index in [4.69, 9.17) is 0 Å². The highest BCUT2D eigenvalue weighted by Gasteiger charge is 2.12. The lowest BCUT2D eigenvalue weighted by Crippen LogP contribution is -1.96. The second kappa shape index (κ2) is 5.16. The summed E-state index contributed by atoms with van der Waals surface area (Å²) in [6, 6.07) is 1.76. The number of aromatic nitrogens is 2. The van der Waals surface area contributed by atoms with Crippen molar-refractivity contribution in [2.45, 2.75) is 19.8 Å². The second-order valence-electron chi connectivity index (χ2n) is 3.92. The van der Waals surface area contributed by atoms with Gasteiger partial charge in [-0.05, 0) is 24.1 Å². The Morgan fingerprint density at radius 1 is 1.00 bits per heavy atom. The van der Waals surface area contributed by atoms with Crippen molar-refractivity contribution in [3.8, 4) is 11.4 Å². The van der Waals surface area contributed by atoms with Gasteiger partial charge in [0.2, 0.25) is 0 Å². The number of rotatable bonds is 3. The molecule has 0 amide bonds. The molecular weight excluding hydrogens is 241 g/mol.